The third kappa shape index (κ3) is 3.39. The molecule has 0 spiro atoms. The maximum absolute atomic E-state index is 6.20. The minimum absolute atomic E-state index is 0.614. The fourth-order valence-electron chi connectivity index (χ4n) is 2.03. The number of aromatic nitrogens is 1. The summed E-state index contributed by atoms with van der Waals surface area (Å²) in [6.45, 7) is 13.7. The Kier molecular flexibility index (Phi) is 4.30. The molecule has 0 amide bonds. The minimum Gasteiger partial charge on any atom is -0.346 e. The van der Waals surface area contributed by atoms with E-state index < -0.39 is 16.5 Å². The summed E-state index contributed by atoms with van der Waals surface area (Å²) < 4.78 is 8.60. The van der Waals surface area contributed by atoms with Crippen molar-refractivity contribution in [2.75, 3.05) is 0 Å². The first kappa shape index (κ1) is 16.3. The van der Waals surface area contributed by atoms with Gasteiger partial charge in [-0.25, -0.2) is 0 Å². The largest absolute Gasteiger partial charge is 0.346 e. The van der Waals surface area contributed by atoms with E-state index in [0.717, 1.165) is 4.80 Å². The van der Waals surface area contributed by atoms with E-state index in [0.29, 0.717) is 10.0 Å². The molecule has 2 nitrogen and oxygen atoms in total. The van der Waals surface area contributed by atoms with Crippen LogP contribution in [0.4, 0.5) is 0 Å². The summed E-state index contributed by atoms with van der Waals surface area (Å²) in [5, 5.41) is 1.23. The monoisotopic (exact) mass is 362 g/mol. The maximum atomic E-state index is 6.20. The van der Waals surface area contributed by atoms with Crippen molar-refractivity contribution in [3.05, 3.63) is 27.0 Å². The molecular formula is C13H20Cl2N2SSi2. The molecule has 0 N–H and O–H groups in total. The van der Waals surface area contributed by atoms with E-state index in [1.807, 2.05) is 12.1 Å². The SMILES string of the molecule is C[Si](C)(C)/N=c1\sc2cc(Cl)c(Cl)cc2n1[Si](C)(C)C. The van der Waals surface area contributed by atoms with E-state index in [1.165, 1.54) is 10.2 Å². The van der Waals surface area contributed by atoms with Gasteiger partial charge in [0.15, 0.2) is 21.3 Å². The molecule has 110 valence electrons. The topological polar surface area (TPSA) is 17.3 Å². The molecule has 1 aromatic carbocycles. The molecule has 0 saturated carbocycles. The maximum Gasteiger partial charge on any atom is 0.176 e. The second-order valence-electron chi connectivity index (χ2n) is 6.91. The molecule has 0 radical (unpaired) electrons. The van der Waals surface area contributed by atoms with Crippen LogP contribution in [-0.4, -0.2) is 20.7 Å². The summed E-state index contributed by atoms with van der Waals surface area (Å²) in [7, 11) is -3.10. The van der Waals surface area contributed by atoms with Gasteiger partial charge in [-0.15, -0.1) is 0 Å². The van der Waals surface area contributed by atoms with Gasteiger partial charge < -0.3 is 4.23 Å². The zero-order chi connectivity index (χ0) is 15.3. The van der Waals surface area contributed by atoms with Crippen LogP contribution in [0, 0.1) is 0 Å². The van der Waals surface area contributed by atoms with E-state index in [4.69, 9.17) is 27.9 Å². The van der Waals surface area contributed by atoms with E-state index >= 15 is 0 Å². The number of fused-ring (bicyclic) bond motifs is 1. The number of thiazole rings is 1. The Balaban J connectivity index is 2.92. The van der Waals surface area contributed by atoms with Gasteiger partial charge in [-0.1, -0.05) is 54.2 Å². The molecule has 0 aliphatic carbocycles. The highest BCUT2D eigenvalue weighted by Gasteiger charge is 2.23. The highest BCUT2D eigenvalue weighted by molar-refractivity contribution is 7.17. The van der Waals surface area contributed by atoms with Gasteiger partial charge in [0.25, 0.3) is 0 Å². The van der Waals surface area contributed by atoms with Crippen molar-refractivity contribution >= 4 is 61.2 Å². The third-order valence-electron chi connectivity index (χ3n) is 2.74. The van der Waals surface area contributed by atoms with E-state index in [2.05, 4.69) is 43.5 Å². The first-order valence-corrected chi connectivity index (χ1v) is 15.0. The normalized spacial score (nSPS) is 14.3. The zero-order valence-electron chi connectivity index (χ0n) is 12.7. The molecule has 1 heterocycles. The van der Waals surface area contributed by atoms with Crippen molar-refractivity contribution < 1.29 is 0 Å². The van der Waals surface area contributed by atoms with Crippen LogP contribution in [0.5, 0.6) is 0 Å². The lowest BCUT2D eigenvalue weighted by molar-refractivity contribution is 1.11. The lowest BCUT2D eigenvalue weighted by atomic mass is 10.3. The molecule has 0 aliphatic rings. The highest BCUT2D eigenvalue weighted by atomic mass is 35.5. The van der Waals surface area contributed by atoms with Crippen LogP contribution in [0.3, 0.4) is 0 Å². The van der Waals surface area contributed by atoms with Gasteiger partial charge in [0.05, 0.1) is 20.3 Å². The van der Waals surface area contributed by atoms with Crippen molar-refractivity contribution in [1.29, 1.82) is 0 Å². The molecule has 2 aromatic rings. The molecular weight excluding hydrogens is 343 g/mol. The first-order chi connectivity index (χ1) is 8.99. The van der Waals surface area contributed by atoms with E-state index in [-0.39, 0.29) is 0 Å². The second-order valence-corrected chi connectivity index (χ2v) is 18.1. The van der Waals surface area contributed by atoms with Gasteiger partial charge in [0.1, 0.15) is 0 Å². The summed E-state index contributed by atoms with van der Waals surface area (Å²) >= 11 is 14.1. The van der Waals surface area contributed by atoms with Crippen molar-refractivity contribution in [2.24, 2.45) is 4.66 Å². The molecule has 0 unspecified atom stereocenters. The number of halogens is 2. The van der Waals surface area contributed by atoms with Gasteiger partial charge >= 0.3 is 0 Å². The van der Waals surface area contributed by atoms with Crippen LogP contribution < -0.4 is 4.80 Å². The fourth-order valence-corrected chi connectivity index (χ4v) is 7.58. The quantitative estimate of drug-likeness (QED) is 0.633. The first-order valence-electron chi connectivity index (χ1n) is 6.56. The van der Waals surface area contributed by atoms with Gasteiger partial charge in [-0.3, -0.25) is 4.66 Å². The Bertz CT molecular complexity index is 721. The average molecular weight is 363 g/mol. The van der Waals surface area contributed by atoms with Crippen molar-refractivity contribution in [3.63, 3.8) is 0 Å². The van der Waals surface area contributed by atoms with Crippen LogP contribution in [0.2, 0.25) is 49.3 Å². The van der Waals surface area contributed by atoms with Gasteiger partial charge in [-0.2, -0.15) is 0 Å². The van der Waals surface area contributed by atoms with Crippen LogP contribution >= 0.6 is 34.5 Å². The summed E-state index contributed by atoms with van der Waals surface area (Å²) in [5.74, 6) is 0. The molecule has 7 heteroatoms. The Morgan fingerprint density at radius 1 is 1.00 bits per heavy atom. The summed E-state index contributed by atoms with van der Waals surface area (Å²) in [5.41, 5.74) is 1.17. The third-order valence-corrected chi connectivity index (χ3v) is 7.46. The molecule has 0 bridgehead atoms. The fraction of sp³-hybridized carbons (Fsp3) is 0.462. The predicted octanol–water partition coefficient (Wildman–Crippen LogP) is 5.43. The van der Waals surface area contributed by atoms with Crippen LogP contribution in [-0.2, 0) is 0 Å². The molecule has 0 atom stereocenters. The van der Waals surface area contributed by atoms with Gasteiger partial charge in [-0.05, 0) is 31.8 Å². The zero-order valence-corrected chi connectivity index (χ0v) is 17.0. The van der Waals surface area contributed by atoms with Crippen LogP contribution in [0.1, 0.15) is 0 Å². The molecule has 20 heavy (non-hydrogen) atoms. The lowest BCUT2D eigenvalue weighted by Crippen LogP contribution is -2.40. The summed E-state index contributed by atoms with van der Waals surface area (Å²) in [6, 6.07) is 3.95. The van der Waals surface area contributed by atoms with E-state index in [9.17, 15) is 0 Å². The molecule has 0 aliphatic heterocycles. The highest BCUT2D eigenvalue weighted by Crippen LogP contribution is 2.30. The molecule has 2 rings (SSSR count). The Morgan fingerprint density at radius 2 is 1.55 bits per heavy atom. The Morgan fingerprint density at radius 3 is 2.05 bits per heavy atom. The van der Waals surface area contributed by atoms with Gasteiger partial charge in [0.2, 0.25) is 0 Å². The van der Waals surface area contributed by atoms with Crippen molar-refractivity contribution in [1.82, 2.24) is 4.23 Å². The predicted molar refractivity (Wildman–Crippen MR) is 97.5 cm³/mol. The van der Waals surface area contributed by atoms with Crippen molar-refractivity contribution in [3.8, 4) is 0 Å². The number of nitrogens with zero attached hydrogens (tertiary/aromatic N) is 2. The number of benzene rings is 1. The Labute approximate surface area is 136 Å². The summed E-state index contributed by atoms with van der Waals surface area (Å²) in [4.78, 5) is 1.12. The van der Waals surface area contributed by atoms with Crippen molar-refractivity contribution in [2.45, 2.75) is 39.3 Å². The number of hydrogen-bond acceptors (Lipinski definition) is 2. The molecule has 0 saturated heterocycles. The van der Waals surface area contributed by atoms with E-state index in [1.54, 1.807) is 11.3 Å². The summed E-state index contributed by atoms with van der Waals surface area (Å²) in [6.07, 6.45) is 0. The Hall–Kier alpha value is -0.0762. The van der Waals surface area contributed by atoms with Gasteiger partial charge in [0, 0.05) is 0 Å². The smallest absolute Gasteiger partial charge is 0.176 e. The lowest BCUT2D eigenvalue weighted by Gasteiger charge is -2.21. The molecule has 1 aromatic heterocycles. The minimum atomic E-state index is -1.58. The average Bonchev–Trinajstić information content (AvgIpc) is 2.52. The standard InChI is InChI=1S/C13H20Cl2N2SSi2/c1-19(2,3)16-13-17(20(4,5)6)11-7-9(14)10(15)8-12(11)18-13/h7-8H,1-6H3/b16-13-. The molecule has 0 fully saturated rings. The van der Waals surface area contributed by atoms with Crippen LogP contribution in [0.25, 0.3) is 10.2 Å². The second kappa shape index (κ2) is 5.28. The number of hydrogen-bond donors (Lipinski definition) is 0. The van der Waals surface area contributed by atoms with Crippen LogP contribution in [0.15, 0.2) is 16.8 Å². The number of rotatable bonds is 2.